The first-order valence-electron chi connectivity index (χ1n) is 10.7. The lowest BCUT2D eigenvalue weighted by atomic mass is 10.2. The van der Waals surface area contributed by atoms with Crippen molar-refractivity contribution in [2.45, 2.75) is 19.5 Å². The Morgan fingerprint density at radius 3 is 2.50 bits per heavy atom. The highest BCUT2D eigenvalue weighted by molar-refractivity contribution is 5.78. The number of aromatic nitrogens is 3. The minimum atomic E-state index is -1.36. The molecule has 5 rings (SSSR count). The normalized spacial score (nSPS) is 18.9. The van der Waals surface area contributed by atoms with E-state index in [1.165, 1.54) is 7.05 Å². The van der Waals surface area contributed by atoms with Gasteiger partial charge in [0.05, 0.1) is 18.6 Å². The molecule has 176 valence electrons. The molecule has 9 nitrogen and oxygen atoms in total. The van der Waals surface area contributed by atoms with Crippen LogP contribution in [0, 0.1) is 6.92 Å². The molecule has 1 saturated heterocycles. The van der Waals surface area contributed by atoms with Gasteiger partial charge in [0.2, 0.25) is 5.95 Å². The number of fused-ring (bicyclic) bond motifs is 1. The van der Waals surface area contributed by atoms with Crippen molar-refractivity contribution in [3.05, 3.63) is 64.8 Å². The lowest BCUT2D eigenvalue weighted by Crippen LogP contribution is -2.54. The molecule has 0 radical (unpaired) electrons. The topological polar surface area (TPSA) is 102 Å². The molecule has 0 bridgehead atoms. The van der Waals surface area contributed by atoms with Gasteiger partial charge in [-0.25, -0.2) is 23.5 Å². The van der Waals surface area contributed by atoms with Gasteiger partial charge < -0.3 is 20.0 Å². The molecule has 2 unspecified atom stereocenters. The van der Waals surface area contributed by atoms with Crippen LogP contribution in [0.25, 0.3) is 11.1 Å². The second-order valence-corrected chi connectivity index (χ2v) is 8.19. The lowest BCUT2D eigenvalue weighted by Gasteiger charge is -2.39. The highest BCUT2D eigenvalue weighted by Gasteiger charge is 2.31. The number of aryl methyl sites for hydroxylation is 1. The lowest BCUT2D eigenvalue weighted by molar-refractivity contribution is -0.00970. The van der Waals surface area contributed by atoms with E-state index >= 15 is 0 Å². The van der Waals surface area contributed by atoms with E-state index in [9.17, 15) is 13.6 Å². The summed E-state index contributed by atoms with van der Waals surface area (Å²) in [4.78, 5) is 25.7. The maximum atomic E-state index is 14.0. The second-order valence-electron chi connectivity index (χ2n) is 8.19. The Morgan fingerprint density at radius 2 is 1.76 bits per heavy atom. The fraction of sp³-hybridized carbons (Fsp3) is 0.261. The van der Waals surface area contributed by atoms with Gasteiger partial charge in [-0.1, -0.05) is 0 Å². The summed E-state index contributed by atoms with van der Waals surface area (Å²) in [6.45, 7) is 2.10. The number of H-pyrrole nitrogens is 1. The molecule has 0 amide bonds. The van der Waals surface area contributed by atoms with E-state index in [0.29, 0.717) is 22.9 Å². The predicted octanol–water partition coefficient (Wildman–Crippen LogP) is 4.05. The largest absolute Gasteiger partial charge is 0.417 e. The van der Waals surface area contributed by atoms with E-state index in [-0.39, 0.29) is 13.1 Å². The van der Waals surface area contributed by atoms with E-state index in [0.717, 1.165) is 27.5 Å². The highest BCUT2D eigenvalue weighted by atomic mass is 19.2. The van der Waals surface area contributed by atoms with E-state index in [2.05, 4.69) is 25.6 Å². The maximum absolute atomic E-state index is 14.0. The monoisotopic (exact) mass is 467 g/mol. The molecular formula is C23H23F2N7O2. The van der Waals surface area contributed by atoms with Gasteiger partial charge in [-0.05, 0) is 56.4 Å². The van der Waals surface area contributed by atoms with Crippen LogP contribution in [0.2, 0.25) is 0 Å². The predicted molar refractivity (Wildman–Crippen MR) is 126 cm³/mol. The standard InChI is InChI=1S/C23H23F2N7O2/c1-13-10-26-22(30-21(13)27-15-5-8-18-17(9-15)29-23(33)34-18)28-14-3-6-16(7-4-14)32-11-19(24)31(2)20(25)12-32/h3-10,19-20H,11-12H2,1-2H3,(H,29,33)(H2,26,27,28,30). The van der Waals surface area contributed by atoms with Gasteiger partial charge in [-0.2, -0.15) is 4.98 Å². The third-order valence-corrected chi connectivity index (χ3v) is 5.77. The highest BCUT2D eigenvalue weighted by Crippen LogP contribution is 2.26. The van der Waals surface area contributed by atoms with Crippen LogP contribution in [-0.2, 0) is 0 Å². The van der Waals surface area contributed by atoms with Gasteiger partial charge in [0.1, 0.15) is 5.82 Å². The summed E-state index contributed by atoms with van der Waals surface area (Å²) in [6, 6.07) is 12.5. The first kappa shape index (κ1) is 21.8. The van der Waals surface area contributed by atoms with E-state index in [1.54, 1.807) is 41.4 Å². The van der Waals surface area contributed by atoms with E-state index < -0.39 is 18.3 Å². The van der Waals surface area contributed by atoms with Crippen LogP contribution in [0.15, 0.2) is 57.9 Å². The molecule has 4 aromatic rings. The molecule has 1 aliphatic heterocycles. The van der Waals surface area contributed by atoms with Crippen molar-refractivity contribution in [3.8, 4) is 0 Å². The summed E-state index contributed by atoms with van der Waals surface area (Å²) in [6.07, 6.45) is -1.03. The molecule has 0 saturated carbocycles. The molecule has 3 N–H and O–H groups in total. The Morgan fingerprint density at radius 1 is 1.06 bits per heavy atom. The Bertz CT molecular complexity index is 1360. The van der Waals surface area contributed by atoms with Crippen molar-refractivity contribution in [3.63, 3.8) is 0 Å². The van der Waals surface area contributed by atoms with E-state index in [4.69, 9.17) is 4.42 Å². The van der Waals surface area contributed by atoms with Crippen molar-refractivity contribution in [1.29, 1.82) is 0 Å². The molecule has 2 atom stereocenters. The first-order chi connectivity index (χ1) is 16.4. The number of aromatic amines is 1. The molecule has 1 fully saturated rings. The smallest absolute Gasteiger partial charge is 0.408 e. The van der Waals surface area contributed by atoms with Crippen molar-refractivity contribution in [2.75, 3.05) is 35.7 Å². The van der Waals surface area contributed by atoms with Crippen molar-refractivity contribution < 1.29 is 13.2 Å². The Kier molecular flexibility index (Phi) is 5.62. The van der Waals surface area contributed by atoms with Crippen molar-refractivity contribution in [2.24, 2.45) is 0 Å². The maximum Gasteiger partial charge on any atom is 0.417 e. The zero-order chi connectivity index (χ0) is 23.8. The van der Waals surface area contributed by atoms with Gasteiger partial charge in [0, 0.05) is 28.8 Å². The third kappa shape index (κ3) is 4.42. The number of rotatable bonds is 5. The summed E-state index contributed by atoms with van der Waals surface area (Å²) >= 11 is 0. The molecule has 0 aliphatic carbocycles. The van der Waals surface area contributed by atoms with Crippen LogP contribution < -0.4 is 21.3 Å². The summed E-state index contributed by atoms with van der Waals surface area (Å²) < 4.78 is 33.1. The molecule has 34 heavy (non-hydrogen) atoms. The van der Waals surface area contributed by atoms with E-state index in [1.807, 2.05) is 19.1 Å². The number of hydrogen-bond acceptors (Lipinski definition) is 8. The fourth-order valence-corrected chi connectivity index (χ4v) is 3.76. The van der Waals surface area contributed by atoms with Crippen LogP contribution in [0.1, 0.15) is 5.56 Å². The van der Waals surface area contributed by atoms with Gasteiger partial charge >= 0.3 is 5.76 Å². The average molecular weight is 467 g/mol. The minimum absolute atomic E-state index is 0.109. The van der Waals surface area contributed by atoms with Crippen molar-refractivity contribution in [1.82, 2.24) is 19.9 Å². The summed E-state index contributed by atoms with van der Waals surface area (Å²) in [7, 11) is 1.45. The van der Waals surface area contributed by atoms with Gasteiger partial charge in [-0.15, -0.1) is 0 Å². The third-order valence-electron chi connectivity index (χ3n) is 5.77. The van der Waals surface area contributed by atoms with Crippen molar-refractivity contribution >= 4 is 39.9 Å². The zero-order valence-electron chi connectivity index (χ0n) is 18.5. The summed E-state index contributed by atoms with van der Waals surface area (Å²) in [5.74, 6) is 0.468. The second kappa shape index (κ2) is 8.75. The average Bonchev–Trinajstić information content (AvgIpc) is 3.19. The number of nitrogens with zero attached hydrogens (tertiary/aromatic N) is 4. The Balaban J connectivity index is 1.30. The van der Waals surface area contributed by atoms with Crippen LogP contribution >= 0.6 is 0 Å². The Hall–Kier alpha value is -3.99. The van der Waals surface area contributed by atoms with Gasteiger partial charge in [0.15, 0.2) is 18.2 Å². The molecule has 3 heterocycles. The van der Waals surface area contributed by atoms with Gasteiger partial charge in [-0.3, -0.25) is 4.98 Å². The quantitative estimate of drug-likeness (QED) is 0.378. The van der Waals surface area contributed by atoms with Crippen LogP contribution in [-0.4, -0.2) is 52.6 Å². The number of anilines is 5. The number of benzene rings is 2. The summed E-state index contributed by atoms with van der Waals surface area (Å²) in [5.41, 5.74) is 4.09. The summed E-state index contributed by atoms with van der Waals surface area (Å²) in [5, 5.41) is 6.37. The number of oxazole rings is 1. The molecule has 11 heteroatoms. The van der Waals surface area contributed by atoms with Crippen LogP contribution in [0.4, 0.5) is 37.6 Å². The minimum Gasteiger partial charge on any atom is -0.408 e. The molecule has 1 aliphatic rings. The number of hydrogen-bond donors (Lipinski definition) is 3. The number of nitrogens with one attached hydrogen (secondary N) is 3. The molecular weight excluding hydrogens is 444 g/mol. The molecule has 2 aromatic heterocycles. The molecule has 0 spiro atoms. The number of likely N-dealkylation sites (N-methyl/N-ethyl adjacent to an activating group) is 1. The van der Waals surface area contributed by atoms with Crippen LogP contribution in [0.3, 0.4) is 0 Å². The number of alkyl halides is 2. The number of piperazine rings is 1. The Labute approximate surface area is 193 Å². The van der Waals surface area contributed by atoms with Crippen LogP contribution in [0.5, 0.6) is 0 Å². The fourth-order valence-electron chi connectivity index (χ4n) is 3.76. The zero-order valence-corrected chi connectivity index (χ0v) is 18.5. The SMILES string of the molecule is Cc1cnc(Nc2ccc(N3CC(F)N(C)C(F)C3)cc2)nc1Nc1ccc2oc(=O)[nH]c2c1. The molecule has 2 aromatic carbocycles. The van der Waals surface area contributed by atoms with Gasteiger partial charge in [0.25, 0.3) is 0 Å². The first-order valence-corrected chi connectivity index (χ1v) is 10.7. The number of halogens is 2.